The highest BCUT2D eigenvalue weighted by Crippen LogP contribution is 2.26. The molecule has 6 heteroatoms. The Bertz CT molecular complexity index is 862. The minimum atomic E-state index is -0.437. The van der Waals surface area contributed by atoms with Crippen LogP contribution < -0.4 is 5.32 Å². The number of alkyl carbamates (subject to hydrolysis) is 1. The Balaban J connectivity index is 1.46. The molecule has 0 spiro atoms. The van der Waals surface area contributed by atoms with Gasteiger partial charge in [-0.15, -0.1) is 11.3 Å². The standard InChI is InChI=1S/C18H15ClN2O2S/c19-17-21-15-9-8-13(11-16(15)24-17)7-4-10-20-18(22)23-12-14-5-2-1-3-6-14/h1-9,11H,10,12H2,(H,20,22). The number of amides is 1. The van der Waals surface area contributed by atoms with E-state index in [1.54, 1.807) is 0 Å². The van der Waals surface area contributed by atoms with Gasteiger partial charge in [0.25, 0.3) is 0 Å². The minimum Gasteiger partial charge on any atom is -0.445 e. The average Bonchev–Trinajstić information content (AvgIpc) is 2.97. The molecule has 0 fully saturated rings. The van der Waals surface area contributed by atoms with E-state index in [1.807, 2.05) is 60.7 Å². The number of carbonyl (C=O) groups excluding carboxylic acids is 1. The van der Waals surface area contributed by atoms with Crippen molar-refractivity contribution in [2.45, 2.75) is 6.61 Å². The lowest BCUT2D eigenvalue weighted by molar-refractivity contribution is 0.141. The maximum Gasteiger partial charge on any atom is 0.407 e. The van der Waals surface area contributed by atoms with Crippen molar-refractivity contribution in [1.29, 1.82) is 0 Å². The quantitative estimate of drug-likeness (QED) is 0.706. The van der Waals surface area contributed by atoms with Crippen molar-refractivity contribution in [3.63, 3.8) is 0 Å². The van der Waals surface area contributed by atoms with Crippen LogP contribution in [0.15, 0.2) is 54.6 Å². The Hall–Kier alpha value is -2.37. The van der Waals surface area contributed by atoms with Gasteiger partial charge < -0.3 is 10.1 Å². The van der Waals surface area contributed by atoms with Crippen LogP contribution in [-0.4, -0.2) is 17.6 Å². The van der Waals surface area contributed by atoms with E-state index in [2.05, 4.69) is 10.3 Å². The number of ether oxygens (including phenoxy) is 1. The summed E-state index contributed by atoms with van der Waals surface area (Å²) in [6.45, 7) is 0.661. The van der Waals surface area contributed by atoms with Gasteiger partial charge in [0.15, 0.2) is 4.47 Å². The van der Waals surface area contributed by atoms with E-state index in [0.717, 1.165) is 21.3 Å². The van der Waals surface area contributed by atoms with Crippen molar-refractivity contribution in [2.24, 2.45) is 0 Å². The highest BCUT2D eigenvalue weighted by atomic mass is 35.5. The molecule has 1 amide bonds. The van der Waals surface area contributed by atoms with Crippen molar-refractivity contribution in [2.75, 3.05) is 6.54 Å². The number of aromatic nitrogens is 1. The zero-order valence-corrected chi connectivity index (χ0v) is 14.3. The molecule has 1 aromatic heterocycles. The molecule has 1 N–H and O–H groups in total. The van der Waals surface area contributed by atoms with Gasteiger partial charge in [-0.05, 0) is 23.3 Å². The second-order valence-electron chi connectivity index (χ2n) is 5.04. The summed E-state index contributed by atoms with van der Waals surface area (Å²) in [4.78, 5) is 15.8. The Morgan fingerprint density at radius 1 is 1.25 bits per heavy atom. The van der Waals surface area contributed by atoms with Gasteiger partial charge in [-0.2, -0.15) is 0 Å². The normalized spacial score (nSPS) is 11.0. The van der Waals surface area contributed by atoms with E-state index in [1.165, 1.54) is 11.3 Å². The molecule has 122 valence electrons. The summed E-state index contributed by atoms with van der Waals surface area (Å²) in [5, 5.41) is 2.69. The van der Waals surface area contributed by atoms with Crippen molar-refractivity contribution in [3.05, 3.63) is 70.2 Å². The summed E-state index contributed by atoms with van der Waals surface area (Å²) >= 11 is 7.34. The molecule has 0 unspecified atom stereocenters. The van der Waals surface area contributed by atoms with Gasteiger partial charge in [0, 0.05) is 6.54 Å². The first-order valence-electron chi connectivity index (χ1n) is 7.38. The van der Waals surface area contributed by atoms with Gasteiger partial charge in [0.1, 0.15) is 6.61 Å². The van der Waals surface area contributed by atoms with Gasteiger partial charge >= 0.3 is 6.09 Å². The third-order valence-corrected chi connectivity index (χ3v) is 4.40. The first-order valence-corrected chi connectivity index (χ1v) is 8.57. The summed E-state index contributed by atoms with van der Waals surface area (Å²) in [6, 6.07) is 15.5. The van der Waals surface area contributed by atoms with Crippen LogP contribution in [0.4, 0.5) is 4.79 Å². The predicted molar refractivity (Wildman–Crippen MR) is 98.3 cm³/mol. The Morgan fingerprint density at radius 3 is 2.92 bits per heavy atom. The van der Waals surface area contributed by atoms with Gasteiger partial charge in [-0.1, -0.05) is 60.2 Å². The molecule has 3 aromatic rings. The summed E-state index contributed by atoms with van der Waals surface area (Å²) in [5.74, 6) is 0. The van der Waals surface area contributed by atoms with E-state index in [9.17, 15) is 4.79 Å². The number of fused-ring (bicyclic) bond motifs is 1. The molecule has 0 aliphatic carbocycles. The number of carbonyl (C=O) groups is 1. The summed E-state index contributed by atoms with van der Waals surface area (Å²) < 4.78 is 6.71. The number of halogens is 1. The third-order valence-electron chi connectivity index (χ3n) is 3.27. The van der Waals surface area contributed by atoms with Crippen LogP contribution in [0.3, 0.4) is 0 Å². The van der Waals surface area contributed by atoms with Crippen molar-refractivity contribution in [3.8, 4) is 0 Å². The van der Waals surface area contributed by atoms with Gasteiger partial charge in [-0.25, -0.2) is 9.78 Å². The second-order valence-corrected chi connectivity index (χ2v) is 6.65. The van der Waals surface area contributed by atoms with Crippen molar-refractivity contribution in [1.82, 2.24) is 10.3 Å². The van der Waals surface area contributed by atoms with Crippen molar-refractivity contribution >= 4 is 45.3 Å². The lowest BCUT2D eigenvalue weighted by atomic mass is 10.2. The Labute approximate surface area is 148 Å². The topological polar surface area (TPSA) is 51.2 Å². The number of nitrogens with one attached hydrogen (secondary N) is 1. The van der Waals surface area contributed by atoms with Crippen LogP contribution >= 0.6 is 22.9 Å². The van der Waals surface area contributed by atoms with E-state index in [0.29, 0.717) is 11.0 Å². The molecule has 0 saturated carbocycles. The fourth-order valence-corrected chi connectivity index (χ4v) is 3.21. The smallest absolute Gasteiger partial charge is 0.407 e. The zero-order chi connectivity index (χ0) is 16.8. The zero-order valence-electron chi connectivity index (χ0n) is 12.7. The molecular weight excluding hydrogens is 344 g/mol. The molecule has 3 rings (SSSR count). The average molecular weight is 359 g/mol. The molecule has 0 aliphatic heterocycles. The number of benzene rings is 2. The molecule has 0 bridgehead atoms. The maximum atomic E-state index is 11.6. The maximum absolute atomic E-state index is 11.6. The molecular formula is C18H15ClN2O2S. The van der Waals surface area contributed by atoms with E-state index in [-0.39, 0.29) is 6.61 Å². The molecule has 2 aromatic carbocycles. The SMILES string of the molecule is O=C(NCC=Cc1ccc2nc(Cl)sc2c1)OCc1ccccc1. The van der Waals surface area contributed by atoms with E-state index < -0.39 is 6.09 Å². The van der Waals surface area contributed by atoms with Gasteiger partial charge in [0.05, 0.1) is 10.2 Å². The molecule has 0 saturated heterocycles. The Morgan fingerprint density at radius 2 is 2.08 bits per heavy atom. The van der Waals surface area contributed by atoms with Gasteiger partial charge in [-0.3, -0.25) is 0 Å². The van der Waals surface area contributed by atoms with Crippen LogP contribution in [0, 0.1) is 0 Å². The number of nitrogens with zero attached hydrogens (tertiary/aromatic N) is 1. The second kappa shape index (κ2) is 7.95. The van der Waals surface area contributed by atoms with Crippen LogP contribution in [0.1, 0.15) is 11.1 Å². The highest BCUT2D eigenvalue weighted by Gasteiger charge is 2.02. The minimum absolute atomic E-state index is 0.263. The van der Waals surface area contributed by atoms with Crippen LogP contribution in [0.2, 0.25) is 4.47 Å². The predicted octanol–water partition coefficient (Wildman–Crippen LogP) is 4.89. The fraction of sp³-hybridized carbons (Fsp3) is 0.111. The lowest BCUT2D eigenvalue weighted by Crippen LogP contribution is -2.24. The largest absolute Gasteiger partial charge is 0.445 e. The van der Waals surface area contributed by atoms with E-state index in [4.69, 9.17) is 16.3 Å². The Kier molecular flexibility index (Phi) is 5.46. The number of rotatable bonds is 5. The highest BCUT2D eigenvalue weighted by molar-refractivity contribution is 7.22. The first-order chi connectivity index (χ1) is 11.7. The number of hydrogen-bond acceptors (Lipinski definition) is 4. The van der Waals surface area contributed by atoms with Crippen LogP contribution in [0.5, 0.6) is 0 Å². The van der Waals surface area contributed by atoms with Crippen LogP contribution in [-0.2, 0) is 11.3 Å². The molecule has 0 radical (unpaired) electrons. The third kappa shape index (κ3) is 4.57. The van der Waals surface area contributed by atoms with Crippen LogP contribution in [0.25, 0.3) is 16.3 Å². The number of thiazole rings is 1. The fourth-order valence-electron chi connectivity index (χ4n) is 2.13. The summed E-state index contributed by atoms with van der Waals surface area (Å²) in [7, 11) is 0. The summed E-state index contributed by atoms with van der Waals surface area (Å²) in [5.41, 5.74) is 2.88. The lowest BCUT2D eigenvalue weighted by Gasteiger charge is -2.05. The molecule has 24 heavy (non-hydrogen) atoms. The molecule has 0 atom stereocenters. The molecule has 0 aliphatic rings. The number of hydrogen-bond donors (Lipinski definition) is 1. The molecule has 4 nitrogen and oxygen atoms in total. The van der Waals surface area contributed by atoms with Gasteiger partial charge in [0.2, 0.25) is 0 Å². The van der Waals surface area contributed by atoms with Crippen molar-refractivity contribution < 1.29 is 9.53 Å². The monoisotopic (exact) mass is 358 g/mol. The molecule has 1 heterocycles. The van der Waals surface area contributed by atoms with E-state index >= 15 is 0 Å². The summed E-state index contributed by atoms with van der Waals surface area (Å²) in [6.07, 6.45) is 3.37. The first kappa shape index (κ1) is 16.5.